The van der Waals surface area contributed by atoms with E-state index < -0.39 is 6.10 Å². The molecule has 4 heteroatoms. The van der Waals surface area contributed by atoms with Gasteiger partial charge >= 0.3 is 0 Å². The largest absolute Gasteiger partial charge is 0.387 e. The lowest BCUT2D eigenvalue weighted by Gasteiger charge is -2.27. The van der Waals surface area contributed by atoms with E-state index >= 15 is 0 Å². The van der Waals surface area contributed by atoms with Crippen LogP contribution in [0.15, 0.2) is 24.3 Å². The minimum atomic E-state index is -0.751. The average molecular weight is 297 g/mol. The average Bonchev–Trinajstić information content (AvgIpc) is 2.88. The van der Waals surface area contributed by atoms with Crippen molar-refractivity contribution in [1.29, 1.82) is 0 Å². The third kappa shape index (κ3) is 3.96. The maximum absolute atomic E-state index is 13.6. The maximum Gasteiger partial charge on any atom is 0.129 e. The molecule has 0 saturated heterocycles. The Hall–Kier alpha value is -0.580. The summed E-state index contributed by atoms with van der Waals surface area (Å²) in [4.78, 5) is 2.19. The van der Waals surface area contributed by atoms with Crippen LogP contribution in [0.5, 0.6) is 0 Å². The SMILES string of the molecule is CCSC1CCC(N(C)CC(O)c2ccccc2F)C1. The number of hydrogen-bond acceptors (Lipinski definition) is 3. The number of halogens is 1. The summed E-state index contributed by atoms with van der Waals surface area (Å²) in [7, 11) is 2.04. The fourth-order valence-corrected chi connectivity index (χ4v) is 4.10. The molecule has 0 radical (unpaired) electrons. The van der Waals surface area contributed by atoms with E-state index in [0.717, 1.165) is 5.25 Å². The van der Waals surface area contributed by atoms with Gasteiger partial charge in [-0.1, -0.05) is 25.1 Å². The highest BCUT2D eigenvalue weighted by Gasteiger charge is 2.28. The topological polar surface area (TPSA) is 23.5 Å². The van der Waals surface area contributed by atoms with E-state index in [2.05, 4.69) is 11.8 Å². The maximum atomic E-state index is 13.6. The first-order valence-corrected chi connectivity index (χ1v) is 8.41. The normalized spacial score (nSPS) is 24.2. The smallest absolute Gasteiger partial charge is 0.129 e. The predicted molar refractivity (Wildman–Crippen MR) is 83.5 cm³/mol. The van der Waals surface area contributed by atoms with Crippen LogP contribution < -0.4 is 0 Å². The number of rotatable bonds is 6. The summed E-state index contributed by atoms with van der Waals surface area (Å²) in [6.07, 6.45) is 2.86. The van der Waals surface area contributed by atoms with E-state index in [1.165, 1.54) is 31.1 Å². The van der Waals surface area contributed by atoms with Crippen molar-refractivity contribution in [1.82, 2.24) is 4.90 Å². The molecule has 1 aliphatic carbocycles. The van der Waals surface area contributed by atoms with E-state index in [1.807, 2.05) is 18.8 Å². The Morgan fingerprint density at radius 2 is 2.15 bits per heavy atom. The molecule has 0 spiro atoms. The molecule has 2 nitrogen and oxygen atoms in total. The zero-order valence-corrected chi connectivity index (χ0v) is 13.1. The highest BCUT2D eigenvalue weighted by Crippen LogP contribution is 2.32. The number of benzene rings is 1. The first kappa shape index (κ1) is 15.8. The Bertz CT molecular complexity index is 429. The van der Waals surface area contributed by atoms with Gasteiger partial charge < -0.3 is 10.0 Å². The number of aliphatic hydroxyl groups excluding tert-OH is 1. The summed E-state index contributed by atoms with van der Waals surface area (Å²) in [5, 5.41) is 11.0. The van der Waals surface area contributed by atoms with Crippen molar-refractivity contribution in [2.45, 2.75) is 43.6 Å². The van der Waals surface area contributed by atoms with Gasteiger partial charge in [-0.3, -0.25) is 0 Å². The summed E-state index contributed by atoms with van der Waals surface area (Å²) in [6, 6.07) is 7.00. The fraction of sp³-hybridized carbons (Fsp3) is 0.625. The van der Waals surface area contributed by atoms with Crippen LogP contribution in [0.1, 0.15) is 37.9 Å². The molecule has 0 amide bonds. The van der Waals surface area contributed by atoms with Crippen molar-refractivity contribution in [2.24, 2.45) is 0 Å². The second kappa shape index (κ2) is 7.43. The van der Waals surface area contributed by atoms with Gasteiger partial charge in [0.1, 0.15) is 5.82 Å². The summed E-state index contributed by atoms with van der Waals surface area (Å²) in [5.74, 6) is 0.845. The van der Waals surface area contributed by atoms with Crippen LogP contribution in [-0.2, 0) is 0 Å². The molecule has 1 aromatic carbocycles. The van der Waals surface area contributed by atoms with Crippen LogP contribution in [0.4, 0.5) is 4.39 Å². The van der Waals surface area contributed by atoms with Crippen molar-refractivity contribution in [3.63, 3.8) is 0 Å². The quantitative estimate of drug-likeness (QED) is 0.870. The molecule has 2 rings (SSSR count). The Labute approximate surface area is 125 Å². The number of thioether (sulfide) groups is 1. The fourth-order valence-electron chi connectivity index (χ4n) is 2.97. The molecule has 112 valence electrons. The zero-order chi connectivity index (χ0) is 14.5. The van der Waals surface area contributed by atoms with Crippen LogP contribution >= 0.6 is 11.8 Å². The molecule has 0 aliphatic heterocycles. The van der Waals surface area contributed by atoms with Crippen LogP contribution in [0, 0.1) is 5.82 Å². The standard InChI is InChI=1S/C16H24FNOS/c1-3-20-13-9-8-12(10-13)18(2)11-16(19)14-6-4-5-7-15(14)17/h4-7,12-13,16,19H,3,8-11H2,1-2H3. The van der Waals surface area contributed by atoms with E-state index in [9.17, 15) is 9.50 Å². The van der Waals surface area contributed by atoms with Gasteiger partial charge in [0.2, 0.25) is 0 Å². The Kier molecular flexibility index (Phi) is 5.87. The molecular weight excluding hydrogens is 273 g/mol. The van der Waals surface area contributed by atoms with Crippen LogP contribution in [0.25, 0.3) is 0 Å². The van der Waals surface area contributed by atoms with E-state index in [-0.39, 0.29) is 5.82 Å². The van der Waals surface area contributed by atoms with Gasteiger partial charge in [0.05, 0.1) is 6.10 Å². The summed E-state index contributed by atoms with van der Waals surface area (Å²) < 4.78 is 13.6. The van der Waals surface area contributed by atoms with Gasteiger partial charge in [0.25, 0.3) is 0 Å². The number of aliphatic hydroxyl groups is 1. The van der Waals surface area contributed by atoms with Crippen molar-refractivity contribution < 1.29 is 9.50 Å². The molecule has 1 aliphatic rings. The molecule has 20 heavy (non-hydrogen) atoms. The van der Waals surface area contributed by atoms with Gasteiger partial charge in [0.15, 0.2) is 0 Å². The molecular formula is C16H24FNOS. The highest BCUT2D eigenvalue weighted by molar-refractivity contribution is 7.99. The molecule has 0 aromatic heterocycles. The second-order valence-electron chi connectivity index (χ2n) is 5.52. The molecule has 3 unspecified atom stereocenters. The summed E-state index contributed by atoms with van der Waals surface area (Å²) in [6.45, 7) is 2.69. The third-order valence-corrected chi connectivity index (χ3v) is 5.34. The zero-order valence-electron chi connectivity index (χ0n) is 12.3. The summed E-state index contributed by atoms with van der Waals surface area (Å²) >= 11 is 2.03. The number of likely N-dealkylation sites (N-methyl/N-ethyl adjacent to an activating group) is 1. The number of nitrogens with zero attached hydrogens (tertiary/aromatic N) is 1. The van der Waals surface area contributed by atoms with Gasteiger partial charge in [-0.05, 0) is 38.1 Å². The minimum Gasteiger partial charge on any atom is -0.387 e. The van der Waals surface area contributed by atoms with Crippen molar-refractivity contribution >= 4 is 11.8 Å². The van der Waals surface area contributed by atoms with Crippen LogP contribution in [-0.4, -0.2) is 40.6 Å². The molecule has 3 atom stereocenters. The second-order valence-corrected chi connectivity index (χ2v) is 7.10. The van der Waals surface area contributed by atoms with Crippen molar-refractivity contribution in [3.05, 3.63) is 35.6 Å². The van der Waals surface area contributed by atoms with Gasteiger partial charge in [-0.2, -0.15) is 11.8 Å². The van der Waals surface area contributed by atoms with E-state index in [1.54, 1.807) is 18.2 Å². The first-order valence-electron chi connectivity index (χ1n) is 7.36. The van der Waals surface area contributed by atoms with Gasteiger partial charge in [-0.15, -0.1) is 0 Å². The molecule has 0 heterocycles. The predicted octanol–water partition coefficient (Wildman–Crippen LogP) is 3.47. The molecule has 1 N–H and O–H groups in total. The van der Waals surface area contributed by atoms with Crippen molar-refractivity contribution in [2.75, 3.05) is 19.3 Å². The lowest BCUT2D eigenvalue weighted by molar-refractivity contribution is 0.103. The highest BCUT2D eigenvalue weighted by atomic mass is 32.2. The lowest BCUT2D eigenvalue weighted by Crippen LogP contribution is -2.33. The molecule has 1 saturated carbocycles. The third-order valence-electron chi connectivity index (χ3n) is 4.11. The van der Waals surface area contributed by atoms with Crippen LogP contribution in [0.2, 0.25) is 0 Å². The van der Waals surface area contributed by atoms with Crippen LogP contribution in [0.3, 0.4) is 0 Å². The summed E-state index contributed by atoms with van der Waals surface area (Å²) in [5.41, 5.74) is 0.400. The molecule has 1 fully saturated rings. The molecule has 0 bridgehead atoms. The lowest BCUT2D eigenvalue weighted by atomic mass is 10.1. The monoisotopic (exact) mass is 297 g/mol. The molecule has 1 aromatic rings. The van der Waals surface area contributed by atoms with E-state index in [0.29, 0.717) is 18.2 Å². The van der Waals surface area contributed by atoms with Crippen molar-refractivity contribution in [3.8, 4) is 0 Å². The Morgan fingerprint density at radius 1 is 1.40 bits per heavy atom. The minimum absolute atomic E-state index is 0.320. The van der Waals surface area contributed by atoms with Gasteiger partial charge in [-0.25, -0.2) is 4.39 Å². The Balaban J connectivity index is 1.88. The number of hydrogen-bond donors (Lipinski definition) is 1. The first-order chi connectivity index (χ1) is 9.61. The van der Waals surface area contributed by atoms with E-state index in [4.69, 9.17) is 0 Å². The Morgan fingerprint density at radius 3 is 2.85 bits per heavy atom. The van der Waals surface area contributed by atoms with Gasteiger partial charge in [0, 0.05) is 23.4 Å².